The summed E-state index contributed by atoms with van der Waals surface area (Å²) in [6, 6.07) is 11.0. The largest absolute Gasteiger partial charge is 0.494 e. The summed E-state index contributed by atoms with van der Waals surface area (Å²) in [6.45, 7) is -1.44. The molecule has 204 valence electrons. The minimum atomic E-state index is -5.59. The summed E-state index contributed by atoms with van der Waals surface area (Å²) in [6.07, 6.45) is -8.16. The van der Waals surface area contributed by atoms with Crippen molar-refractivity contribution in [3.8, 4) is 5.88 Å². The van der Waals surface area contributed by atoms with Crippen LogP contribution in [0, 0.1) is 0 Å². The molecular formula is C26H21F6N5O2. The van der Waals surface area contributed by atoms with Gasteiger partial charge in [0.1, 0.15) is 5.82 Å². The second-order valence-corrected chi connectivity index (χ2v) is 9.33. The van der Waals surface area contributed by atoms with Crippen molar-refractivity contribution in [3.63, 3.8) is 0 Å². The Morgan fingerprint density at radius 1 is 1.05 bits per heavy atom. The third-order valence-corrected chi connectivity index (χ3v) is 6.76. The van der Waals surface area contributed by atoms with Crippen molar-refractivity contribution in [3.05, 3.63) is 77.6 Å². The summed E-state index contributed by atoms with van der Waals surface area (Å²) in [5, 5.41) is 16.7. The number of H-pyrrole nitrogens is 1. The normalized spacial score (nSPS) is 15.7. The van der Waals surface area contributed by atoms with E-state index in [9.17, 15) is 36.2 Å². The zero-order valence-electron chi connectivity index (χ0n) is 20.2. The quantitative estimate of drug-likeness (QED) is 0.232. The van der Waals surface area contributed by atoms with E-state index in [4.69, 9.17) is 0 Å². The number of carbonyl (C=O) groups is 1. The smallest absolute Gasteiger partial charge is 0.408 e. The van der Waals surface area contributed by atoms with Crippen LogP contribution in [0.15, 0.2) is 60.9 Å². The summed E-state index contributed by atoms with van der Waals surface area (Å²) in [7, 11) is 1.18. The number of nitrogens with one attached hydrogen (secondary N) is 3. The van der Waals surface area contributed by atoms with Crippen molar-refractivity contribution in [1.82, 2.24) is 14.9 Å². The van der Waals surface area contributed by atoms with Gasteiger partial charge in [-0.25, -0.2) is 4.98 Å². The van der Waals surface area contributed by atoms with Crippen LogP contribution in [0.2, 0.25) is 0 Å². The van der Waals surface area contributed by atoms with E-state index in [-0.39, 0.29) is 35.1 Å². The number of aromatic amines is 1. The van der Waals surface area contributed by atoms with Crippen LogP contribution in [0.1, 0.15) is 21.5 Å². The highest BCUT2D eigenvalue weighted by molar-refractivity contribution is 6.08. The Hall–Kier alpha value is -4.26. The Morgan fingerprint density at radius 2 is 1.79 bits per heavy atom. The Labute approximate surface area is 217 Å². The van der Waals surface area contributed by atoms with E-state index in [1.54, 1.807) is 24.4 Å². The van der Waals surface area contributed by atoms with Gasteiger partial charge in [-0.3, -0.25) is 4.79 Å². The van der Waals surface area contributed by atoms with E-state index in [0.29, 0.717) is 16.5 Å². The number of aromatic hydroxyl groups is 1. The van der Waals surface area contributed by atoms with Gasteiger partial charge in [-0.15, -0.1) is 0 Å². The molecule has 2 aromatic carbocycles. The van der Waals surface area contributed by atoms with E-state index in [0.717, 1.165) is 23.1 Å². The van der Waals surface area contributed by atoms with Crippen LogP contribution < -0.4 is 10.6 Å². The van der Waals surface area contributed by atoms with Gasteiger partial charge in [-0.1, -0.05) is 12.1 Å². The lowest BCUT2D eigenvalue weighted by Crippen LogP contribution is -2.61. The summed E-state index contributed by atoms with van der Waals surface area (Å²) < 4.78 is 83.7. The minimum Gasteiger partial charge on any atom is -0.494 e. The topological polar surface area (TPSA) is 93.3 Å². The summed E-state index contributed by atoms with van der Waals surface area (Å²) in [5.41, 5.74) is -4.50. The molecule has 1 amide bonds. The molecule has 5 rings (SSSR count). The number of benzene rings is 2. The minimum absolute atomic E-state index is 0.0276. The number of pyridine rings is 1. The lowest BCUT2D eigenvalue weighted by molar-refractivity contribution is -0.309. The predicted molar refractivity (Wildman–Crippen MR) is 132 cm³/mol. The van der Waals surface area contributed by atoms with E-state index < -0.39 is 35.8 Å². The number of anilines is 3. The van der Waals surface area contributed by atoms with Crippen molar-refractivity contribution in [1.29, 1.82) is 0 Å². The number of fused-ring (bicyclic) bond motifs is 2. The van der Waals surface area contributed by atoms with E-state index in [1.165, 1.54) is 25.4 Å². The first-order valence-electron chi connectivity index (χ1n) is 11.6. The first-order valence-corrected chi connectivity index (χ1v) is 11.6. The number of halogens is 6. The van der Waals surface area contributed by atoms with Crippen molar-refractivity contribution >= 4 is 33.9 Å². The molecule has 0 radical (unpaired) electrons. The lowest BCUT2D eigenvalue weighted by Gasteiger charge is -2.44. The fraction of sp³-hybridized carbons (Fsp3) is 0.231. The number of nitrogens with zero attached hydrogens (tertiary/aromatic N) is 2. The molecule has 0 unspecified atom stereocenters. The number of rotatable bonds is 4. The maximum atomic E-state index is 14.0. The molecule has 0 aliphatic carbocycles. The van der Waals surface area contributed by atoms with Crippen molar-refractivity contribution in [2.75, 3.05) is 24.2 Å². The number of hydrogen-bond acceptors (Lipinski definition) is 5. The third-order valence-electron chi connectivity index (χ3n) is 6.76. The molecule has 4 aromatic rings. The fourth-order valence-corrected chi connectivity index (χ4v) is 4.97. The van der Waals surface area contributed by atoms with Crippen molar-refractivity contribution in [2.45, 2.75) is 24.3 Å². The molecule has 0 fully saturated rings. The van der Waals surface area contributed by atoms with Gasteiger partial charge in [0, 0.05) is 47.6 Å². The van der Waals surface area contributed by atoms with Gasteiger partial charge in [0.05, 0.1) is 5.56 Å². The number of hydrogen-bond donors (Lipinski definition) is 4. The SMILES string of the molecule is CN1Cc2cc(NC(=O)c3cccnc3Nc3cccc4c(O)[nH]cc34)ccc2C(C(F)(F)F)(C(F)(F)F)C1. The van der Waals surface area contributed by atoms with E-state index in [2.05, 4.69) is 20.6 Å². The first kappa shape index (κ1) is 26.4. The molecule has 13 heteroatoms. The number of aromatic nitrogens is 2. The molecule has 0 saturated carbocycles. The molecule has 3 heterocycles. The zero-order valence-corrected chi connectivity index (χ0v) is 20.2. The molecule has 1 aliphatic heterocycles. The van der Waals surface area contributed by atoms with Crippen LogP contribution in [0.25, 0.3) is 10.8 Å². The van der Waals surface area contributed by atoms with Gasteiger partial charge >= 0.3 is 12.4 Å². The molecule has 0 atom stereocenters. The van der Waals surface area contributed by atoms with Crippen LogP contribution >= 0.6 is 0 Å². The Balaban J connectivity index is 1.46. The molecule has 7 nitrogen and oxygen atoms in total. The van der Waals surface area contributed by atoms with Crippen molar-refractivity contribution < 1.29 is 36.2 Å². The Morgan fingerprint density at radius 3 is 2.51 bits per heavy atom. The maximum Gasteiger partial charge on any atom is 0.408 e. The maximum absolute atomic E-state index is 14.0. The van der Waals surface area contributed by atoms with Gasteiger partial charge in [0.2, 0.25) is 0 Å². The van der Waals surface area contributed by atoms with Gasteiger partial charge in [0.15, 0.2) is 11.3 Å². The van der Waals surface area contributed by atoms with Crippen LogP contribution in [0.5, 0.6) is 5.88 Å². The van der Waals surface area contributed by atoms with Crippen LogP contribution in [0.4, 0.5) is 43.5 Å². The highest BCUT2D eigenvalue weighted by atomic mass is 19.4. The highest BCUT2D eigenvalue weighted by Crippen LogP contribution is 2.55. The Bertz CT molecular complexity index is 1550. The predicted octanol–water partition coefficient (Wildman–Crippen LogP) is 6.07. The number of likely N-dealkylation sites (N-methyl/N-ethyl adjacent to an activating group) is 1. The summed E-state index contributed by atoms with van der Waals surface area (Å²) in [5.74, 6) is -0.573. The number of carbonyl (C=O) groups excluding carboxylic acids is 1. The standard InChI is InChI=1S/C26H21F6N5O2/c1-37-12-14-10-15(7-8-19(14)24(13-37,25(27,28)29)26(30,31)32)35-23(39)17-5-3-9-33-21(17)36-20-6-2-4-16-18(20)11-34-22(16)38/h2-11,34,38H,12-13H2,1H3,(H,33,36)(H,35,39). The van der Waals surface area contributed by atoms with Gasteiger partial charge in [-0.05, 0) is 54.6 Å². The average Bonchev–Trinajstić information content (AvgIpc) is 3.24. The molecule has 39 heavy (non-hydrogen) atoms. The summed E-state index contributed by atoms with van der Waals surface area (Å²) >= 11 is 0. The van der Waals surface area contributed by atoms with Crippen LogP contribution in [-0.2, 0) is 12.0 Å². The second-order valence-electron chi connectivity index (χ2n) is 9.33. The monoisotopic (exact) mass is 549 g/mol. The molecule has 1 aliphatic rings. The molecule has 0 saturated heterocycles. The number of amides is 1. The van der Waals surface area contributed by atoms with E-state index in [1.807, 2.05) is 0 Å². The van der Waals surface area contributed by atoms with Gasteiger partial charge < -0.3 is 25.6 Å². The molecule has 4 N–H and O–H groups in total. The average molecular weight is 549 g/mol. The van der Waals surface area contributed by atoms with Crippen LogP contribution in [-0.4, -0.2) is 51.8 Å². The second kappa shape index (κ2) is 9.19. The third kappa shape index (κ3) is 4.42. The molecule has 0 spiro atoms. The van der Waals surface area contributed by atoms with Gasteiger partial charge in [-0.2, -0.15) is 26.3 Å². The number of alkyl halides is 6. The summed E-state index contributed by atoms with van der Waals surface area (Å²) in [4.78, 5) is 21.0. The molecule has 2 aromatic heterocycles. The highest BCUT2D eigenvalue weighted by Gasteiger charge is 2.73. The zero-order chi connectivity index (χ0) is 28.2. The van der Waals surface area contributed by atoms with Crippen LogP contribution in [0.3, 0.4) is 0 Å². The van der Waals surface area contributed by atoms with Gasteiger partial charge in [0.25, 0.3) is 5.91 Å². The fourth-order valence-electron chi connectivity index (χ4n) is 4.97. The molecular weight excluding hydrogens is 528 g/mol. The lowest BCUT2D eigenvalue weighted by atomic mass is 9.73. The van der Waals surface area contributed by atoms with Crippen molar-refractivity contribution in [2.24, 2.45) is 0 Å². The molecule has 0 bridgehead atoms. The Kier molecular flexibility index (Phi) is 6.21. The van der Waals surface area contributed by atoms with E-state index >= 15 is 0 Å². The first-order chi connectivity index (χ1) is 18.3.